The summed E-state index contributed by atoms with van der Waals surface area (Å²) in [4.78, 5) is 4.38. The number of benzene rings is 1. The molecule has 1 aliphatic heterocycles. The fraction of sp³-hybridized carbons (Fsp3) is 0.0714. The maximum atomic E-state index is 9.67. The molecule has 0 radical (unpaired) electrons. The Morgan fingerprint density at radius 2 is 2.15 bits per heavy atom. The van der Waals surface area contributed by atoms with Crippen molar-refractivity contribution in [1.82, 2.24) is 10.0 Å². The molecule has 20 heavy (non-hydrogen) atoms. The number of hydrogen-bond donors (Lipinski definition) is 1. The van der Waals surface area contributed by atoms with Crippen LogP contribution in [0.25, 0.3) is 10.2 Å². The minimum Gasteiger partial charge on any atom is -0.284 e. The predicted octanol–water partition coefficient (Wildman–Crippen LogP) is 4.39. The Morgan fingerprint density at radius 3 is 2.95 bits per heavy atom. The molecular formula is C14H12N4OS. The van der Waals surface area contributed by atoms with Crippen molar-refractivity contribution >= 4 is 26.7 Å². The van der Waals surface area contributed by atoms with Gasteiger partial charge in [0.05, 0.1) is 21.6 Å². The molecule has 0 saturated heterocycles. The first-order valence-electron chi connectivity index (χ1n) is 6.05. The number of rotatable bonds is 2. The number of allylic oxidation sites excluding steroid dienone is 4. The third-order valence-electron chi connectivity index (χ3n) is 2.78. The van der Waals surface area contributed by atoms with Gasteiger partial charge in [-0.25, -0.2) is 10.0 Å². The van der Waals surface area contributed by atoms with Gasteiger partial charge in [-0.2, -0.15) is 5.11 Å². The summed E-state index contributed by atoms with van der Waals surface area (Å²) in [5.74, 6) is 0. The number of para-hydroxylation sites is 1. The molecule has 1 N–H and O–H groups in total. The zero-order valence-electron chi connectivity index (χ0n) is 10.8. The average molecular weight is 284 g/mol. The Hall–Kier alpha value is -2.31. The normalized spacial score (nSPS) is 17.4. The van der Waals surface area contributed by atoms with Gasteiger partial charge in [0.15, 0.2) is 0 Å². The highest BCUT2D eigenvalue weighted by atomic mass is 32.1. The van der Waals surface area contributed by atoms with E-state index in [-0.39, 0.29) is 0 Å². The number of hydrogen-bond acceptors (Lipinski definition) is 6. The van der Waals surface area contributed by atoms with Crippen LogP contribution in [0.2, 0.25) is 0 Å². The van der Waals surface area contributed by atoms with Crippen molar-refractivity contribution in [2.24, 2.45) is 10.2 Å². The van der Waals surface area contributed by atoms with Gasteiger partial charge in [-0.05, 0) is 31.2 Å². The van der Waals surface area contributed by atoms with Gasteiger partial charge in [-0.15, -0.1) is 5.11 Å². The lowest BCUT2D eigenvalue weighted by Gasteiger charge is -2.16. The standard InChI is InChI=1S/C14H12N4OS/c1-10(12-7-4-5-9-18(12)19)16-17-14-15-11-6-2-3-8-13(11)20-14/h2-9,19H,1H3. The monoisotopic (exact) mass is 284 g/mol. The Bertz CT molecular complexity index is 724. The van der Waals surface area contributed by atoms with Crippen LogP contribution in [0.3, 0.4) is 0 Å². The molecule has 0 saturated carbocycles. The highest BCUT2D eigenvalue weighted by molar-refractivity contribution is 7.21. The van der Waals surface area contributed by atoms with E-state index in [1.54, 1.807) is 25.3 Å². The van der Waals surface area contributed by atoms with Gasteiger partial charge < -0.3 is 0 Å². The molecule has 3 rings (SSSR count). The molecule has 0 bridgehead atoms. The summed E-state index contributed by atoms with van der Waals surface area (Å²) in [6, 6.07) is 7.86. The molecule has 2 heterocycles. The van der Waals surface area contributed by atoms with E-state index in [0.29, 0.717) is 16.5 Å². The molecular weight excluding hydrogens is 272 g/mol. The fourth-order valence-electron chi connectivity index (χ4n) is 1.79. The Kier molecular flexibility index (Phi) is 3.41. The molecule has 0 fully saturated rings. The van der Waals surface area contributed by atoms with E-state index < -0.39 is 0 Å². The lowest BCUT2D eigenvalue weighted by molar-refractivity contribution is -0.00149. The average Bonchev–Trinajstić information content (AvgIpc) is 2.88. The Morgan fingerprint density at radius 1 is 1.30 bits per heavy atom. The van der Waals surface area contributed by atoms with Crippen LogP contribution in [-0.2, 0) is 0 Å². The second-order valence-corrected chi connectivity index (χ2v) is 5.19. The zero-order chi connectivity index (χ0) is 13.9. The molecule has 0 amide bonds. The molecule has 0 atom stereocenters. The van der Waals surface area contributed by atoms with Crippen LogP contribution in [0, 0.1) is 0 Å². The van der Waals surface area contributed by atoms with Crippen molar-refractivity contribution in [3.8, 4) is 0 Å². The lowest BCUT2D eigenvalue weighted by Crippen LogP contribution is -2.12. The fourth-order valence-corrected chi connectivity index (χ4v) is 2.58. The first kappa shape index (κ1) is 12.7. The van der Waals surface area contributed by atoms with Crippen LogP contribution in [0.4, 0.5) is 5.13 Å². The van der Waals surface area contributed by atoms with E-state index in [2.05, 4.69) is 15.2 Å². The summed E-state index contributed by atoms with van der Waals surface area (Å²) in [7, 11) is 0. The van der Waals surface area contributed by atoms with Crippen LogP contribution in [-0.4, -0.2) is 15.3 Å². The first-order valence-corrected chi connectivity index (χ1v) is 6.87. The van der Waals surface area contributed by atoms with Crippen LogP contribution >= 0.6 is 11.3 Å². The SMILES string of the molecule is CC(N=Nc1nc2ccccc2s1)=C1C=CC=CN1O. The molecule has 1 aliphatic rings. The van der Waals surface area contributed by atoms with Gasteiger partial charge in [-0.3, -0.25) is 5.21 Å². The smallest absolute Gasteiger partial charge is 0.231 e. The first-order chi connectivity index (χ1) is 9.74. The van der Waals surface area contributed by atoms with E-state index in [9.17, 15) is 5.21 Å². The number of nitrogens with zero attached hydrogens (tertiary/aromatic N) is 4. The minimum absolute atomic E-state index is 0.595. The maximum absolute atomic E-state index is 9.67. The van der Waals surface area contributed by atoms with Crippen LogP contribution in [0.5, 0.6) is 0 Å². The predicted molar refractivity (Wildman–Crippen MR) is 78.7 cm³/mol. The van der Waals surface area contributed by atoms with Crippen LogP contribution in [0.1, 0.15) is 6.92 Å². The molecule has 0 unspecified atom stereocenters. The van der Waals surface area contributed by atoms with Crippen molar-refractivity contribution in [2.45, 2.75) is 6.92 Å². The molecule has 0 spiro atoms. The summed E-state index contributed by atoms with van der Waals surface area (Å²) in [6.07, 6.45) is 6.89. The van der Waals surface area contributed by atoms with Crippen molar-refractivity contribution in [1.29, 1.82) is 0 Å². The number of aromatic nitrogens is 1. The lowest BCUT2D eigenvalue weighted by atomic mass is 10.2. The zero-order valence-corrected chi connectivity index (χ0v) is 11.6. The molecule has 2 aromatic rings. The molecule has 100 valence electrons. The van der Waals surface area contributed by atoms with E-state index in [4.69, 9.17) is 0 Å². The van der Waals surface area contributed by atoms with Gasteiger partial charge in [0, 0.05) is 6.20 Å². The topological polar surface area (TPSA) is 61.1 Å². The van der Waals surface area contributed by atoms with Crippen molar-refractivity contribution in [3.05, 3.63) is 60.1 Å². The highest BCUT2D eigenvalue weighted by Crippen LogP contribution is 2.28. The molecule has 0 aliphatic carbocycles. The van der Waals surface area contributed by atoms with Crippen molar-refractivity contribution in [2.75, 3.05) is 0 Å². The number of thiazole rings is 1. The summed E-state index contributed by atoms with van der Waals surface area (Å²) in [5.41, 5.74) is 2.13. The van der Waals surface area contributed by atoms with Crippen LogP contribution < -0.4 is 0 Å². The van der Waals surface area contributed by atoms with E-state index in [1.165, 1.54) is 11.3 Å². The largest absolute Gasteiger partial charge is 0.284 e. The molecule has 6 heteroatoms. The second-order valence-electron chi connectivity index (χ2n) is 4.18. The second kappa shape index (κ2) is 5.36. The highest BCUT2D eigenvalue weighted by Gasteiger charge is 2.07. The molecule has 5 nitrogen and oxygen atoms in total. The van der Waals surface area contributed by atoms with Gasteiger partial charge >= 0.3 is 0 Å². The Balaban J connectivity index is 1.88. The van der Waals surface area contributed by atoms with Crippen molar-refractivity contribution in [3.63, 3.8) is 0 Å². The third-order valence-corrected chi connectivity index (χ3v) is 3.70. The summed E-state index contributed by atoms with van der Waals surface area (Å²) in [5, 5.41) is 19.6. The molecule has 1 aromatic heterocycles. The maximum Gasteiger partial charge on any atom is 0.231 e. The minimum atomic E-state index is 0.595. The molecule has 1 aromatic carbocycles. The van der Waals surface area contributed by atoms with Crippen LogP contribution in [0.15, 0.2) is 70.3 Å². The van der Waals surface area contributed by atoms with Gasteiger partial charge in [-0.1, -0.05) is 29.5 Å². The van der Waals surface area contributed by atoms with Gasteiger partial charge in [0.1, 0.15) is 0 Å². The number of azo groups is 1. The van der Waals surface area contributed by atoms with E-state index >= 15 is 0 Å². The van der Waals surface area contributed by atoms with Gasteiger partial charge in [0.2, 0.25) is 5.13 Å². The summed E-state index contributed by atoms with van der Waals surface area (Å²) < 4.78 is 1.08. The van der Waals surface area contributed by atoms with Crippen molar-refractivity contribution < 1.29 is 5.21 Å². The van der Waals surface area contributed by atoms with Gasteiger partial charge in [0.25, 0.3) is 0 Å². The Labute approximate surface area is 119 Å². The quantitative estimate of drug-likeness (QED) is 0.832. The van der Waals surface area contributed by atoms with E-state index in [1.807, 2.05) is 30.3 Å². The summed E-state index contributed by atoms with van der Waals surface area (Å²) in [6.45, 7) is 1.79. The number of hydroxylamine groups is 2. The number of fused-ring (bicyclic) bond motifs is 1. The summed E-state index contributed by atoms with van der Waals surface area (Å²) >= 11 is 1.48. The van der Waals surface area contributed by atoms with E-state index in [0.717, 1.165) is 15.3 Å². The third kappa shape index (κ3) is 2.52.